The average molecular weight is 423 g/mol. The van der Waals surface area contributed by atoms with E-state index < -0.39 is 0 Å². The Morgan fingerprint density at radius 1 is 0.933 bits per heavy atom. The topological polar surface area (TPSA) is 85.2 Å². The van der Waals surface area contributed by atoms with Gasteiger partial charge in [0.2, 0.25) is 0 Å². The third-order valence-corrected chi connectivity index (χ3v) is 5.78. The number of aliphatic hydroxyl groups is 2. The maximum Gasteiger partial charge on any atom is 0.342 e. The maximum absolute atomic E-state index is 12.2. The molecule has 6 nitrogen and oxygen atoms in total. The summed E-state index contributed by atoms with van der Waals surface area (Å²) in [4.78, 5) is 12.2. The lowest BCUT2D eigenvalue weighted by molar-refractivity contribution is 0.0361. The van der Waals surface area contributed by atoms with Crippen molar-refractivity contribution in [3.8, 4) is 11.5 Å². The van der Waals surface area contributed by atoms with E-state index in [1.54, 1.807) is 27.2 Å². The Bertz CT molecular complexity index is 657. The van der Waals surface area contributed by atoms with E-state index in [4.69, 9.17) is 14.2 Å². The molecular weight excluding hydrogens is 384 g/mol. The van der Waals surface area contributed by atoms with Gasteiger partial charge in [0, 0.05) is 11.6 Å². The molecule has 1 aromatic rings. The number of carbonyl (C=O) groups excluding carboxylic acids is 1. The Kier molecular flexibility index (Phi) is 10.4. The van der Waals surface area contributed by atoms with Crippen LogP contribution in [0.3, 0.4) is 0 Å². The zero-order valence-electron chi connectivity index (χ0n) is 18.7. The van der Waals surface area contributed by atoms with Crippen LogP contribution in [-0.2, 0) is 4.74 Å². The largest absolute Gasteiger partial charge is 0.497 e. The zero-order chi connectivity index (χ0) is 21.9. The molecule has 0 saturated carbocycles. The molecule has 0 bridgehead atoms. The van der Waals surface area contributed by atoms with Crippen molar-refractivity contribution in [1.29, 1.82) is 0 Å². The molecule has 3 atom stereocenters. The molecule has 6 heteroatoms. The predicted octanol–water partition coefficient (Wildman–Crippen LogP) is 4.95. The Balaban J connectivity index is 1.61. The van der Waals surface area contributed by atoms with E-state index in [2.05, 4.69) is 0 Å². The van der Waals surface area contributed by atoms with E-state index in [0.29, 0.717) is 29.9 Å². The molecular formula is C24H38O6. The molecule has 1 heterocycles. The first-order valence-electron chi connectivity index (χ1n) is 11.3. The number of rotatable bonds is 15. The number of carbonyl (C=O) groups is 1. The lowest BCUT2D eigenvalue weighted by Gasteiger charge is -2.12. The second kappa shape index (κ2) is 12.8. The van der Waals surface area contributed by atoms with Gasteiger partial charge < -0.3 is 24.4 Å². The number of esters is 1. The van der Waals surface area contributed by atoms with Gasteiger partial charge in [-0.2, -0.15) is 0 Å². The monoisotopic (exact) mass is 422 g/mol. The third-order valence-electron chi connectivity index (χ3n) is 5.78. The van der Waals surface area contributed by atoms with Crippen LogP contribution < -0.4 is 9.47 Å². The highest BCUT2D eigenvalue weighted by atomic mass is 16.6. The second-order valence-electron chi connectivity index (χ2n) is 8.32. The van der Waals surface area contributed by atoms with Crippen LogP contribution in [0, 0.1) is 0 Å². The fourth-order valence-corrected chi connectivity index (χ4v) is 4.00. The summed E-state index contributed by atoms with van der Waals surface area (Å²) in [7, 11) is 3.15. The van der Waals surface area contributed by atoms with Gasteiger partial charge in [-0.15, -0.1) is 0 Å². The van der Waals surface area contributed by atoms with Gasteiger partial charge in [-0.05, 0) is 45.1 Å². The molecule has 170 valence electrons. The van der Waals surface area contributed by atoms with E-state index in [1.165, 1.54) is 19.3 Å². The molecule has 2 N–H and O–H groups in total. The van der Waals surface area contributed by atoms with Crippen LogP contribution in [0.4, 0.5) is 0 Å². The van der Waals surface area contributed by atoms with Crippen molar-refractivity contribution in [1.82, 2.24) is 0 Å². The first-order chi connectivity index (χ1) is 14.5. The number of methoxy groups -OCH3 is 2. The number of fused-ring (bicyclic) bond motifs is 1. The summed E-state index contributed by atoms with van der Waals surface area (Å²) in [6.07, 6.45) is 9.99. The summed E-state index contributed by atoms with van der Waals surface area (Å²) >= 11 is 0. The van der Waals surface area contributed by atoms with Crippen LogP contribution in [-0.4, -0.2) is 42.6 Å². The minimum Gasteiger partial charge on any atom is -0.497 e. The minimum atomic E-state index is -0.329. The van der Waals surface area contributed by atoms with Crippen molar-refractivity contribution in [2.45, 2.75) is 95.9 Å². The van der Waals surface area contributed by atoms with E-state index in [-0.39, 0.29) is 24.3 Å². The number of aliphatic hydroxyl groups excluding tert-OH is 2. The number of hydrogen-bond acceptors (Lipinski definition) is 6. The van der Waals surface area contributed by atoms with Crippen molar-refractivity contribution in [3.63, 3.8) is 0 Å². The van der Waals surface area contributed by atoms with Crippen molar-refractivity contribution in [3.05, 3.63) is 23.3 Å². The lowest BCUT2D eigenvalue weighted by atomic mass is 9.98. The highest BCUT2D eigenvalue weighted by Gasteiger charge is 2.34. The van der Waals surface area contributed by atoms with Crippen molar-refractivity contribution in [2.24, 2.45) is 0 Å². The highest BCUT2D eigenvalue weighted by Crippen LogP contribution is 2.41. The van der Waals surface area contributed by atoms with Gasteiger partial charge in [0.05, 0.1) is 26.4 Å². The standard InChI is InChI=1S/C24H38O6/c1-17(25)13-14-18(26)11-9-7-5-4-6-8-10-12-21-20-15-19(28-2)16-22(29-3)23(20)24(27)30-21/h15-18,21,25-26H,4-14H2,1-3H3. The summed E-state index contributed by atoms with van der Waals surface area (Å²) in [5, 5.41) is 19.1. The van der Waals surface area contributed by atoms with Crippen LogP contribution in [0.15, 0.2) is 12.1 Å². The second-order valence-corrected chi connectivity index (χ2v) is 8.32. The number of ether oxygens (including phenoxy) is 3. The van der Waals surface area contributed by atoms with Gasteiger partial charge in [0.25, 0.3) is 0 Å². The molecule has 0 radical (unpaired) electrons. The van der Waals surface area contributed by atoms with Gasteiger partial charge in [0.1, 0.15) is 23.2 Å². The third kappa shape index (κ3) is 7.47. The molecule has 30 heavy (non-hydrogen) atoms. The molecule has 2 rings (SSSR count). The molecule has 1 aliphatic heterocycles. The Morgan fingerprint density at radius 3 is 2.23 bits per heavy atom. The van der Waals surface area contributed by atoms with Crippen LogP contribution in [0.25, 0.3) is 0 Å². The first-order valence-corrected chi connectivity index (χ1v) is 11.3. The lowest BCUT2D eigenvalue weighted by Crippen LogP contribution is -2.10. The van der Waals surface area contributed by atoms with E-state index in [1.807, 2.05) is 6.07 Å². The maximum atomic E-state index is 12.2. The SMILES string of the molecule is COc1cc(OC)c2c(c1)C(CCCCCCCCCC(O)CCC(C)O)OC2=O. The highest BCUT2D eigenvalue weighted by molar-refractivity contribution is 5.97. The first kappa shape index (κ1) is 24.5. The Hall–Kier alpha value is -1.79. The van der Waals surface area contributed by atoms with E-state index >= 15 is 0 Å². The van der Waals surface area contributed by atoms with E-state index in [9.17, 15) is 15.0 Å². The van der Waals surface area contributed by atoms with Crippen molar-refractivity contribution in [2.75, 3.05) is 14.2 Å². The number of benzene rings is 1. The van der Waals surface area contributed by atoms with Crippen LogP contribution >= 0.6 is 0 Å². The summed E-state index contributed by atoms with van der Waals surface area (Å²) in [5.74, 6) is 0.864. The van der Waals surface area contributed by atoms with Crippen LogP contribution in [0.5, 0.6) is 11.5 Å². The molecule has 1 aromatic carbocycles. The molecule has 0 fully saturated rings. The Morgan fingerprint density at radius 2 is 1.60 bits per heavy atom. The van der Waals surface area contributed by atoms with Gasteiger partial charge in [-0.3, -0.25) is 0 Å². The minimum absolute atomic E-state index is 0.223. The number of unbranched alkanes of at least 4 members (excludes halogenated alkanes) is 6. The van der Waals surface area contributed by atoms with Crippen molar-refractivity contribution >= 4 is 5.97 Å². The van der Waals surface area contributed by atoms with E-state index in [0.717, 1.165) is 44.1 Å². The smallest absolute Gasteiger partial charge is 0.342 e. The summed E-state index contributed by atoms with van der Waals surface area (Å²) in [5.41, 5.74) is 1.39. The van der Waals surface area contributed by atoms with Gasteiger partial charge in [-0.25, -0.2) is 4.79 Å². The normalized spacial score (nSPS) is 17.4. The van der Waals surface area contributed by atoms with Gasteiger partial charge >= 0.3 is 5.97 Å². The van der Waals surface area contributed by atoms with Gasteiger partial charge in [0.15, 0.2) is 0 Å². The molecule has 0 spiro atoms. The summed E-state index contributed by atoms with van der Waals surface area (Å²) < 4.78 is 16.2. The fraction of sp³-hybridized carbons (Fsp3) is 0.708. The molecule has 0 amide bonds. The number of hydrogen-bond donors (Lipinski definition) is 2. The predicted molar refractivity (Wildman–Crippen MR) is 116 cm³/mol. The quantitative estimate of drug-likeness (QED) is 0.307. The van der Waals surface area contributed by atoms with Gasteiger partial charge in [-0.1, -0.05) is 38.5 Å². The molecule has 0 aromatic heterocycles. The van der Waals surface area contributed by atoms with Crippen LogP contribution in [0.2, 0.25) is 0 Å². The zero-order valence-corrected chi connectivity index (χ0v) is 18.7. The van der Waals surface area contributed by atoms with Crippen molar-refractivity contribution < 1.29 is 29.2 Å². The summed E-state index contributed by atoms with van der Waals surface area (Å²) in [6.45, 7) is 1.76. The Labute approximate surface area is 180 Å². The average Bonchev–Trinajstić information content (AvgIpc) is 3.05. The summed E-state index contributed by atoms with van der Waals surface area (Å²) in [6, 6.07) is 3.59. The fourth-order valence-electron chi connectivity index (χ4n) is 4.00. The van der Waals surface area contributed by atoms with Crippen LogP contribution in [0.1, 0.15) is 99.6 Å². The molecule has 0 aliphatic carbocycles. The number of cyclic esters (lactones) is 1. The molecule has 1 aliphatic rings. The molecule has 3 unspecified atom stereocenters. The molecule has 0 saturated heterocycles.